The minimum Gasteiger partial charge on any atom is -0.506 e. The molecule has 4 nitrogen and oxygen atoms in total. The van der Waals surface area contributed by atoms with E-state index >= 15 is 0 Å². The van der Waals surface area contributed by atoms with Crippen molar-refractivity contribution in [3.05, 3.63) is 18.0 Å². The summed E-state index contributed by atoms with van der Waals surface area (Å²) in [4.78, 5) is 4.23. The Kier molecular flexibility index (Phi) is 2.44. The van der Waals surface area contributed by atoms with Crippen LogP contribution < -0.4 is 0 Å². The topological polar surface area (TPSA) is 58.3 Å². The molecule has 0 fully saturated rings. The largest absolute Gasteiger partial charge is 0.506 e. The van der Waals surface area contributed by atoms with Crippen molar-refractivity contribution >= 4 is 22.6 Å². The van der Waals surface area contributed by atoms with Crippen molar-refractivity contribution in [2.75, 3.05) is 5.88 Å². The predicted molar refractivity (Wildman–Crippen MR) is 58.5 cm³/mol. The van der Waals surface area contributed by atoms with Crippen LogP contribution in [0.4, 0.5) is 0 Å². The van der Waals surface area contributed by atoms with E-state index in [9.17, 15) is 10.2 Å². The van der Waals surface area contributed by atoms with E-state index in [2.05, 4.69) is 4.98 Å². The fraction of sp³-hybridized carbons (Fsp3) is 0.300. The Hall–Kier alpha value is -1.42. The standard InChI is InChI=1S/C10H11ClN2O2/c1-13-8(4-5-11)12-9-6(14)2-3-7(15)10(9)13/h2-3,14-15H,4-5H2,1H3. The first-order valence-corrected chi connectivity index (χ1v) is 5.10. The molecule has 0 saturated heterocycles. The van der Waals surface area contributed by atoms with E-state index in [1.807, 2.05) is 0 Å². The van der Waals surface area contributed by atoms with Crippen LogP contribution in [-0.4, -0.2) is 25.6 Å². The van der Waals surface area contributed by atoms with E-state index in [0.717, 1.165) is 5.82 Å². The fourth-order valence-corrected chi connectivity index (χ4v) is 1.81. The number of halogens is 1. The monoisotopic (exact) mass is 226 g/mol. The van der Waals surface area contributed by atoms with Crippen LogP contribution in [-0.2, 0) is 13.5 Å². The third-order valence-electron chi connectivity index (χ3n) is 2.39. The first-order valence-electron chi connectivity index (χ1n) is 4.57. The summed E-state index contributed by atoms with van der Waals surface area (Å²) in [6.07, 6.45) is 0.603. The van der Waals surface area contributed by atoms with Crippen molar-refractivity contribution in [2.24, 2.45) is 7.05 Å². The van der Waals surface area contributed by atoms with Crippen LogP contribution in [0.25, 0.3) is 11.0 Å². The zero-order valence-corrected chi connectivity index (χ0v) is 8.99. The minimum absolute atomic E-state index is 0.0687. The number of rotatable bonds is 2. The molecule has 1 heterocycles. The number of phenolic OH excluding ortho intramolecular Hbond substituents is 2. The molecule has 0 spiro atoms. The van der Waals surface area contributed by atoms with Crippen LogP contribution in [0.2, 0.25) is 0 Å². The number of benzene rings is 1. The van der Waals surface area contributed by atoms with Gasteiger partial charge in [0.25, 0.3) is 0 Å². The zero-order valence-electron chi connectivity index (χ0n) is 8.24. The van der Waals surface area contributed by atoms with Crippen LogP contribution in [0, 0.1) is 0 Å². The lowest BCUT2D eigenvalue weighted by Gasteiger charge is -2.01. The van der Waals surface area contributed by atoms with Gasteiger partial charge in [-0.05, 0) is 12.1 Å². The molecule has 2 N–H and O–H groups in total. The highest BCUT2D eigenvalue weighted by atomic mass is 35.5. The molecule has 1 aromatic heterocycles. The molecule has 2 aromatic rings. The predicted octanol–water partition coefficient (Wildman–Crippen LogP) is 1.77. The maximum atomic E-state index is 9.65. The molecule has 0 bridgehead atoms. The Labute approximate surface area is 91.7 Å². The van der Waals surface area contributed by atoms with Crippen molar-refractivity contribution in [3.8, 4) is 11.5 Å². The van der Waals surface area contributed by atoms with E-state index in [0.29, 0.717) is 23.3 Å². The summed E-state index contributed by atoms with van der Waals surface area (Å²) in [7, 11) is 1.79. The van der Waals surface area contributed by atoms with Gasteiger partial charge in [-0.3, -0.25) is 0 Å². The summed E-state index contributed by atoms with van der Waals surface area (Å²) in [5, 5.41) is 19.2. The van der Waals surface area contributed by atoms with E-state index in [4.69, 9.17) is 11.6 Å². The molecule has 0 unspecified atom stereocenters. The Morgan fingerprint density at radius 3 is 2.60 bits per heavy atom. The van der Waals surface area contributed by atoms with Gasteiger partial charge in [-0.1, -0.05) is 0 Å². The number of phenols is 2. The summed E-state index contributed by atoms with van der Waals surface area (Å²) in [6.45, 7) is 0. The smallest absolute Gasteiger partial charge is 0.143 e. The summed E-state index contributed by atoms with van der Waals surface area (Å²) < 4.78 is 1.74. The number of alkyl halides is 1. The van der Waals surface area contributed by atoms with Gasteiger partial charge in [-0.2, -0.15) is 0 Å². The number of fused-ring (bicyclic) bond motifs is 1. The second-order valence-corrected chi connectivity index (χ2v) is 3.71. The molecule has 1 aromatic carbocycles. The Morgan fingerprint density at radius 2 is 2.00 bits per heavy atom. The summed E-state index contributed by atoms with van der Waals surface area (Å²) >= 11 is 5.64. The molecular weight excluding hydrogens is 216 g/mol. The number of nitrogens with zero attached hydrogens (tertiary/aromatic N) is 2. The number of aromatic nitrogens is 2. The Balaban J connectivity index is 2.75. The van der Waals surface area contributed by atoms with Gasteiger partial charge in [-0.15, -0.1) is 11.6 Å². The maximum Gasteiger partial charge on any atom is 0.143 e. The van der Waals surface area contributed by atoms with Crippen LogP contribution in [0.15, 0.2) is 12.1 Å². The minimum atomic E-state index is 0.0687. The quantitative estimate of drug-likeness (QED) is 0.606. The van der Waals surface area contributed by atoms with Crippen molar-refractivity contribution in [1.29, 1.82) is 0 Å². The lowest BCUT2D eigenvalue weighted by atomic mass is 10.2. The van der Waals surface area contributed by atoms with Gasteiger partial charge in [0.15, 0.2) is 0 Å². The zero-order chi connectivity index (χ0) is 11.0. The van der Waals surface area contributed by atoms with Crippen molar-refractivity contribution < 1.29 is 10.2 Å². The molecule has 0 aliphatic rings. The summed E-state index contributed by atoms with van der Waals surface area (Å²) in [5.74, 6) is 1.38. The Morgan fingerprint density at radius 1 is 1.33 bits per heavy atom. The van der Waals surface area contributed by atoms with Gasteiger partial charge in [0.2, 0.25) is 0 Å². The maximum absolute atomic E-state index is 9.65. The highest BCUT2D eigenvalue weighted by molar-refractivity contribution is 6.17. The summed E-state index contributed by atoms with van der Waals surface area (Å²) in [6, 6.07) is 2.87. The number of aromatic hydroxyl groups is 2. The van der Waals surface area contributed by atoms with Crippen LogP contribution in [0.1, 0.15) is 5.82 Å². The molecule has 0 saturated carbocycles. The molecule has 80 valence electrons. The molecular formula is C10H11ClN2O2. The van der Waals surface area contributed by atoms with E-state index in [1.165, 1.54) is 12.1 Å². The number of imidazole rings is 1. The molecule has 0 radical (unpaired) electrons. The Bertz CT molecular complexity index is 508. The van der Waals surface area contributed by atoms with Gasteiger partial charge in [0, 0.05) is 19.3 Å². The second-order valence-electron chi connectivity index (χ2n) is 3.33. The summed E-state index contributed by atoms with van der Waals surface area (Å²) in [5.41, 5.74) is 0.952. The van der Waals surface area contributed by atoms with Gasteiger partial charge in [-0.25, -0.2) is 4.98 Å². The molecule has 0 atom stereocenters. The van der Waals surface area contributed by atoms with Crippen LogP contribution in [0.3, 0.4) is 0 Å². The molecule has 0 aliphatic carbocycles. The third-order valence-corrected chi connectivity index (χ3v) is 2.58. The highest BCUT2D eigenvalue weighted by Gasteiger charge is 2.13. The first-order chi connectivity index (χ1) is 7.15. The van der Waals surface area contributed by atoms with E-state index in [-0.39, 0.29) is 11.5 Å². The molecule has 5 heteroatoms. The first kappa shape index (κ1) is 10.1. The number of hydrogen-bond donors (Lipinski definition) is 2. The van der Waals surface area contributed by atoms with Gasteiger partial charge < -0.3 is 14.8 Å². The second kappa shape index (κ2) is 3.62. The molecule has 15 heavy (non-hydrogen) atoms. The average Bonchev–Trinajstić information content (AvgIpc) is 2.53. The average molecular weight is 227 g/mol. The van der Waals surface area contributed by atoms with Crippen molar-refractivity contribution in [2.45, 2.75) is 6.42 Å². The van der Waals surface area contributed by atoms with E-state index < -0.39 is 0 Å². The van der Waals surface area contributed by atoms with Gasteiger partial charge >= 0.3 is 0 Å². The van der Waals surface area contributed by atoms with Gasteiger partial charge in [0.05, 0.1) is 0 Å². The SMILES string of the molecule is Cn1c(CCCl)nc2c(O)ccc(O)c21. The normalized spacial score (nSPS) is 11.1. The lowest BCUT2D eigenvalue weighted by molar-refractivity contribution is 0.467. The molecule has 2 rings (SSSR count). The van der Waals surface area contributed by atoms with Crippen molar-refractivity contribution in [3.63, 3.8) is 0 Å². The lowest BCUT2D eigenvalue weighted by Crippen LogP contribution is -1.98. The molecule has 0 amide bonds. The number of aryl methyl sites for hydroxylation is 2. The fourth-order valence-electron chi connectivity index (χ4n) is 1.64. The molecule has 0 aliphatic heterocycles. The highest BCUT2D eigenvalue weighted by Crippen LogP contribution is 2.31. The van der Waals surface area contributed by atoms with Crippen LogP contribution >= 0.6 is 11.6 Å². The van der Waals surface area contributed by atoms with Crippen molar-refractivity contribution in [1.82, 2.24) is 9.55 Å². The van der Waals surface area contributed by atoms with Gasteiger partial charge in [0.1, 0.15) is 28.4 Å². The third kappa shape index (κ3) is 1.51. The number of hydrogen-bond acceptors (Lipinski definition) is 3. The van der Waals surface area contributed by atoms with E-state index in [1.54, 1.807) is 11.6 Å². The van der Waals surface area contributed by atoms with Crippen LogP contribution in [0.5, 0.6) is 11.5 Å².